The van der Waals surface area contributed by atoms with Crippen LogP contribution in [0.25, 0.3) is 17.0 Å². The van der Waals surface area contributed by atoms with E-state index in [1.54, 1.807) is 42.6 Å². The maximum Gasteiger partial charge on any atom is 0.198 e. The van der Waals surface area contributed by atoms with Crippen LogP contribution in [0.4, 0.5) is 0 Å². The van der Waals surface area contributed by atoms with Crippen molar-refractivity contribution in [3.8, 4) is 23.5 Å². The molecule has 1 aliphatic rings. The molecule has 25 heavy (non-hydrogen) atoms. The first-order valence-corrected chi connectivity index (χ1v) is 7.82. The van der Waals surface area contributed by atoms with Gasteiger partial charge in [-0.2, -0.15) is 10.5 Å². The molecule has 0 aliphatic heterocycles. The summed E-state index contributed by atoms with van der Waals surface area (Å²) in [6.07, 6.45) is 2.29. The van der Waals surface area contributed by atoms with Crippen molar-refractivity contribution in [3.05, 3.63) is 52.9 Å². The number of ketones is 1. The first kappa shape index (κ1) is 16.5. The second-order valence-electron chi connectivity index (χ2n) is 5.62. The summed E-state index contributed by atoms with van der Waals surface area (Å²) in [5, 5.41) is 27.9. The first-order valence-electron chi connectivity index (χ1n) is 7.82. The monoisotopic (exact) mass is 330 g/mol. The van der Waals surface area contributed by atoms with Crippen LogP contribution in [0, 0.1) is 22.7 Å². The van der Waals surface area contributed by atoms with E-state index < -0.39 is 5.78 Å². The van der Waals surface area contributed by atoms with Gasteiger partial charge in [-0.3, -0.25) is 14.8 Å². The number of aliphatic hydroxyl groups is 1. The van der Waals surface area contributed by atoms with Gasteiger partial charge in [0.25, 0.3) is 0 Å². The van der Waals surface area contributed by atoms with Crippen LogP contribution in [0.15, 0.2) is 36.0 Å². The lowest BCUT2D eigenvalue weighted by atomic mass is 9.84. The van der Waals surface area contributed by atoms with Crippen molar-refractivity contribution < 1.29 is 9.90 Å². The Morgan fingerprint density at radius 2 is 1.96 bits per heavy atom. The average Bonchev–Trinajstić information content (AvgIpc) is 2.66. The standard InChI is InChI=1S/C19H14N4O2/c1-2-11(10-24)15-6-5-14-18(23-15)17-13(4-3-7-22-17)16(19(14)25)12(8-20)9-21/h3-7,11,24H,2,10H2,1H3. The molecule has 1 aliphatic carbocycles. The Morgan fingerprint density at radius 3 is 2.60 bits per heavy atom. The molecule has 0 spiro atoms. The Labute approximate surface area is 144 Å². The van der Waals surface area contributed by atoms with Crippen LogP contribution in [0.2, 0.25) is 0 Å². The van der Waals surface area contributed by atoms with E-state index in [9.17, 15) is 20.4 Å². The zero-order valence-electron chi connectivity index (χ0n) is 13.5. The van der Waals surface area contributed by atoms with Crippen molar-refractivity contribution in [2.24, 2.45) is 0 Å². The number of hydrogen-bond acceptors (Lipinski definition) is 6. The van der Waals surface area contributed by atoms with E-state index in [0.29, 0.717) is 34.6 Å². The average molecular weight is 330 g/mol. The van der Waals surface area contributed by atoms with E-state index in [-0.39, 0.29) is 23.7 Å². The summed E-state index contributed by atoms with van der Waals surface area (Å²) in [6, 6.07) is 10.2. The van der Waals surface area contributed by atoms with Crippen molar-refractivity contribution >= 4 is 11.4 Å². The van der Waals surface area contributed by atoms with Gasteiger partial charge in [-0.15, -0.1) is 0 Å². The molecular formula is C19H14N4O2. The minimum atomic E-state index is -0.412. The molecule has 1 atom stereocenters. The van der Waals surface area contributed by atoms with Gasteiger partial charge in [0.1, 0.15) is 23.4 Å². The van der Waals surface area contributed by atoms with Gasteiger partial charge >= 0.3 is 0 Å². The molecule has 1 unspecified atom stereocenters. The van der Waals surface area contributed by atoms with E-state index in [1.165, 1.54) is 0 Å². The Hall–Kier alpha value is -3.35. The van der Waals surface area contributed by atoms with Crippen molar-refractivity contribution in [1.82, 2.24) is 9.97 Å². The maximum absolute atomic E-state index is 12.9. The molecule has 0 saturated carbocycles. The molecule has 3 rings (SSSR count). The number of carbonyl (C=O) groups excluding carboxylic acids is 1. The van der Waals surface area contributed by atoms with Crippen molar-refractivity contribution in [2.45, 2.75) is 19.3 Å². The molecule has 0 radical (unpaired) electrons. The molecule has 0 amide bonds. The van der Waals surface area contributed by atoms with Gasteiger partial charge in [0.15, 0.2) is 5.78 Å². The van der Waals surface area contributed by atoms with Gasteiger partial charge in [-0.1, -0.05) is 13.0 Å². The number of aromatic nitrogens is 2. The van der Waals surface area contributed by atoms with Crippen LogP contribution < -0.4 is 0 Å². The number of rotatable bonds is 3. The molecule has 0 saturated heterocycles. The molecule has 122 valence electrons. The molecule has 0 bridgehead atoms. The molecule has 2 aromatic heterocycles. The highest BCUT2D eigenvalue weighted by Crippen LogP contribution is 2.38. The minimum Gasteiger partial charge on any atom is -0.396 e. The fourth-order valence-electron chi connectivity index (χ4n) is 2.93. The summed E-state index contributed by atoms with van der Waals surface area (Å²) in [5.74, 6) is -0.539. The molecule has 2 aromatic rings. The Kier molecular flexibility index (Phi) is 4.38. The molecule has 0 aromatic carbocycles. The smallest absolute Gasteiger partial charge is 0.198 e. The lowest BCUT2D eigenvalue weighted by molar-refractivity contribution is 0.105. The number of carbonyl (C=O) groups is 1. The Bertz CT molecular complexity index is 960. The number of nitriles is 2. The Morgan fingerprint density at radius 1 is 1.20 bits per heavy atom. The molecule has 0 fully saturated rings. The van der Waals surface area contributed by atoms with Crippen LogP contribution in [0.1, 0.15) is 40.9 Å². The summed E-state index contributed by atoms with van der Waals surface area (Å²) in [7, 11) is 0. The highest BCUT2D eigenvalue weighted by molar-refractivity contribution is 6.35. The zero-order chi connectivity index (χ0) is 18.0. The van der Waals surface area contributed by atoms with E-state index in [2.05, 4.69) is 9.97 Å². The highest BCUT2D eigenvalue weighted by atomic mass is 16.3. The third kappa shape index (κ3) is 2.59. The summed E-state index contributed by atoms with van der Waals surface area (Å²) in [5.41, 5.74) is 2.12. The second kappa shape index (κ2) is 6.64. The lowest BCUT2D eigenvalue weighted by Gasteiger charge is -2.21. The number of Topliss-reactive ketones (excluding diaryl/α,β-unsaturated/α-hetero) is 1. The van der Waals surface area contributed by atoms with Crippen molar-refractivity contribution in [2.75, 3.05) is 6.61 Å². The first-order chi connectivity index (χ1) is 12.2. The molecular weight excluding hydrogens is 316 g/mol. The topological polar surface area (TPSA) is 111 Å². The van der Waals surface area contributed by atoms with Crippen LogP contribution in [-0.4, -0.2) is 27.5 Å². The quantitative estimate of drug-likeness (QED) is 0.684. The molecule has 2 heterocycles. The normalized spacial score (nSPS) is 13.3. The SMILES string of the molecule is CCC(CO)c1ccc2c(n1)-c1ncccc1C(=C(C#N)C#N)C2=O. The van der Waals surface area contributed by atoms with Gasteiger partial charge < -0.3 is 5.11 Å². The molecule has 6 nitrogen and oxygen atoms in total. The number of fused-ring (bicyclic) bond motifs is 3. The highest BCUT2D eigenvalue weighted by Gasteiger charge is 2.32. The molecule has 6 heteroatoms. The van der Waals surface area contributed by atoms with Crippen LogP contribution in [0.3, 0.4) is 0 Å². The van der Waals surface area contributed by atoms with Gasteiger partial charge in [0.2, 0.25) is 0 Å². The second-order valence-corrected chi connectivity index (χ2v) is 5.62. The minimum absolute atomic E-state index is 0.0382. The number of pyridine rings is 2. The van der Waals surface area contributed by atoms with Crippen LogP contribution in [0.5, 0.6) is 0 Å². The fourth-order valence-corrected chi connectivity index (χ4v) is 2.93. The van der Waals surface area contributed by atoms with Crippen LogP contribution in [-0.2, 0) is 0 Å². The van der Waals surface area contributed by atoms with Crippen molar-refractivity contribution in [1.29, 1.82) is 10.5 Å². The zero-order valence-corrected chi connectivity index (χ0v) is 13.5. The van der Waals surface area contributed by atoms with E-state index in [1.807, 2.05) is 6.92 Å². The van der Waals surface area contributed by atoms with E-state index in [4.69, 9.17) is 0 Å². The Balaban J connectivity index is 2.31. The van der Waals surface area contributed by atoms with E-state index in [0.717, 1.165) is 0 Å². The summed E-state index contributed by atoms with van der Waals surface area (Å²) in [6.45, 7) is 1.91. The molecule has 1 N–H and O–H groups in total. The summed E-state index contributed by atoms with van der Waals surface area (Å²) in [4.78, 5) is 21.8. The predicted molar refractivity (Wildman–Crippen MR) is 90.1 cm³/mol. The van der Waals surface area contributed by atoms with Crippen LogP contribution >= 0.6 is 0 Å². The van der Waals surface area contributed by atoms with E-state index >= 15 is 0 Å². The number of allylic oxidation sites excluding steroid dienone is 2. The van der Waals surface area contributed by atoms with Gasteiger partial charge in [-0.25, -0.2) is 0 Å². The predicted octanol–water partition coefficient (Wildman–Crippen LogP) is 2.63. The summed E-state index contributed by atoms with van der Waals surface area (Å²) < 4.78 is 0. The maximum atomic E-state index is 12.9. The van der Waals surface area contributed by atoms with Gasteiger partial charge in [0.05, 0.1) is 23.4 Å². The fraction of sp³-hybridized carbons (Fsp3) is 0.211. The van der Waals surface area contributed by atoms with Crippen molar-refractivity contribution in [3.63, 3.8) is 0 Å². The van der Waals surface area contributed by atoms with Gasteiger partial charge in [0, 0.05) is 23.4 Å². The van der Waals surface area contributed by atoms with Gasteiger partial charge in [-0.05, 0) is 24.6 Å². The third-order valence-electron chi connectivity index (χ3n) is 4.29. The lowest BCUT2D eigenvalue weighted by Crippen LogP contribution is -2.17. The largest absolute Gasteiger partial charge is 0.396 e. The summed E-state index contributed by atoms with van der Waals surface area (Å²) >= 11 is 0. The number of aliphatic hydroxyl groups excluding tert-OH is 1. The number of hydrogen-bond donors (Lipinski definition) is 1. The third-order valence-corrected chi connectivity index (χ3v) is 4.29. The number of nitrogens with zero attached hydrogens (tertiary/aromatic N) is 4.